The molecule has 120 valence electrons. The summed E-state index contributed by atoms with van der Waals surface area (Å²) in [5, 5.41) is 2.76. The van der Waals surface area contributed by atoms with Crippen LogP contribution in [0.2, 0.25) is 0 Å². The minimum atomic E-state index is -0.534. The molecule has 2 aromatic carbocycles. The number of hydrogen-bond acceptors (Lipinski definition) is 4. The molecule has 3 rings (SSSR count). The number of nitrogens with zero attached hydrogens (tertiary/aromatic N) is 1. The van der Waals surface area contributed by atoms with Crippen molar-refractivity contribution < 1.29 is 14.3 Å². The molecule has 0 bridgehead atoms. The van der Waals surface area contributed by atoms with E-state index in [0.29, 0.717) is 17.2 Å². The van der Waals surface area contributed by atoms with Crippen LogP contribution >= 0.6 is 0 Å². The molecule has 0 unspecified atom stereocenters. The van der Waals surface area contributed by atoms with Crippen LogP contribution in [0.4, 0.5) is 16.2 Å². The van der Waals surface area contributed by atoms with Crippen LogP contribution in [-0.4, -0.2) is 26.3 Å². The van der Waals surface area contributed by atoms with Crippen LogP contribution in [0.3, 0.4) is 0 Å². The summed E-state index contributed by atoms with van der Waals surface area (Å²) >= 11 is 0. The highest BCUT2D eigenvalue weighted by Gasteiger charge is 2.16. The van der Waals surface area contributed by atoms with E-state index >= 15 is 0 Å². The highest BCUT2D eigenvalue weighted by atomic mass is 16.6. The Kier molecular flexibility index (Phi) is 4.66. The van der Waals surface area contributed by atoms with E-state index in [-0.39, 0.29) is 0 Å². The maximum atomic E-state index is 12.1. The fourth-order valence-electron chi connectivity index (χ4n) is 2.70. The number of carbonyl (C=O) groups excluding carboxylic acids is 1. The van der Waals surface area contributed by atoms with Crippen LogP contribution in [-0.2, 0) is 0 Å². The monoisotopic (exact) mass is 312 g/mol. The van der Waals surface area contributed by atoms with Crippen LogP contribution in [0.25, 0.3) is 0 Å². The molecule has 1 aliphatic heterocycles. The summed E-state index contributed by atoms with van der Waals surface area (Å²) in [6, 6.07) is 14.8. The SMILES string of the molecule is COc1ccc(N2CCCC2)cc1NC(=O)Oc1ccccc1. The first-order valence-electron chi connectivity index (χ1n) is 7.73. The minimum absolute atomic E-state index is 0.500. The van der Waals surface area contributed by atoms with Gasteiger partial charge in [-0.05, 0) is 43.2 Å². The van der Waals surface area contributed by atoms with Crippen LogP contribution in [0.1, 0.15) is 12.8 Å². The quantitative estimate of drug-likeness (QED) is 0.930. The second kappa shape index (κ2) is 7.05. The highest BCUT2D eigenvalue weighted by Crippen LogP contribution is 2.31. The van der Waals surface area contributed by atoms with E-state index < -0.39 is 6.09 Å². The van der Waals surface area contributed by atoms with Crippen molar-refractivity contribution in [1.29, 1.82) is 0 Å². The van der Waals surface area contributed by atoms with Crippen molar-refractivity contribution in [3.8, 4) is 11.5 Å². The van der Waals surface area contributed by atoms with E-state index in [2.05, 4.69) is 10.2 Å². The standard InChI is InChI=1S/C18H20N2O3/c1-22-17-10-9-14(20-11-5-6-12-20)13-16(17)19-18(21)23-15-7-3-2-4-8-15/h2-4,7-10,13H,5-6,11-12H2,1H3,(H,19,21). The van der Waals surface area contributed by atoms with Gasteiger partial charge >= 0.3 is 6.09 Å². The van der Waals surface area contributed by atoms with Gasteiger partial charge in [0, 0.05) is 18.8 Å². The normalized spacial score (nSPS) is 13.7. The first-order valence-corrected chi connectivity index (χ1v) is 7.73. The van der Waals surface area contributed by atoms with E-state index in [4.69, 9.17) is 9.47 Å². The van der Waals surface area contributed by atoms with Gasteiger partial charge in [-0.25, -0.2) is 4.79 Å². The van der Waals surface area contributed by atoms with Gasteiger partial charge in [-0.15, -0.1) is 0 Å². The third-order valence-corrected chi connectivity index (χ3v) is 3.84. The Balaban J connectivity index is 1.74. The molecule has 1 fully saturated rings. The summed E-state index contributed by atoms with van der Waals surface area (Å²) in [4.78, 5) is 14.4. The molecule has 1 aliphatic rings. The van der Waals surface area contributed by atoms with E-state index in [1.54, 1.807) is 19.2 Å². The summed E-state index contributed by atoms with van der Waals surface area (Å²) in [7, 11) is 1.58. The molecule has 5 heteroatoms. The fourth-order valence-corrected chi connectivity index (χ4v) is 2.70. The van der Waals surface area contributed by atoms with E-state index in [1.165, 1.54) is 12.8 Å². The summed E-state index contributed by atoms with van der Waals surface area (Å²) in [5.41, 5.74) is 1.69. The second-order valence-electron chi connectivity index (χ2n) is 5.41. The predicted octanol–water partition coefficient (Wildman–Crippen LogP) is 3.91. The van der Waals surface area contributed by atoms with E-state index in [1.807, 2.05) is 36.4 Å². The Bertz CT molecular complexity index is 667. The molecule has 0 atom stereocenters. The second-order valence-corrected chi connectivity index (χ2v) is 5.41. The fraction of sp³-hybridized carbons (Fsp3) is 0.278. The maximum absolute atomic E-state index is 12.1. The van der Waals surface area contributed by atoms with Gasteiger partial charge in [0.1, 0.15) is 11.5 Å². The van der Waals surface area contributed by atoms with Crippen molar-refractivity contribution >= 4 is 17.5 Å². The number of hydrogen-bond donors (Lipinski definition) is 1. The number of nitrogens with one attached hydrogen (secondary N) is 1. The number of ether oxygens (including phenoxy) is 2. The van der Waals surface area contributed by atoms with Crippen molar-refractivity contribution in [1.82, 2.24) is 0 Å². The smallest absolute Gasteiger partial charge is 0.417 e. The topological polar surface area (TPSA) is 50.8 Å². The average molecular weight is 312 g/mol. The molecule has 0 saturated carbocycles. The maximum Gasteiger partial charge on any atom is 0.417 e. The number of para-hydroxylation sites is 1. The largest absolute Gasteiger partial charge is 0.495 e. The lowest BCUT2D eigenvalue weighted by Gasteiger charge is -2.20. The predicted molar refractivity (Wildman–Crippen MR) is 90.5 cm³/mol. The molecule has 1 heterocycles. The summed E-state index contributed by atoms with van der Waals surface area (Å²) in [6.45, 7) is 2.08. The zero-order valence-corrected chi connectivity index (χ0v) is 13.1. The molecule has 0 aromatic heterocycles. The van der Waals surface area contributed by atoms with Gasteiger partial charge < -0.3 is 14.4 Å². The Morgan fingerprint density at radius 3 is 2.52 bits per heavy atom. The van der Waals surface area contributed by atoms with Gasteiger partial charge in [-0.1, -0.05) is 18.2 Å². The molecular weight excluding hydrogens is 292 g/mol. The lowest BCUT2D eigenvalue weighted by Crippen LogP contribution is -2.20. The number of benzene rings is 2. The molecule has 2 aromatic rings. The van der Waals surface area contributed by atoms with Gasteiger partial charge in [0.2, 0.25) is 0 Å². The van der Waals surface area contributed by atoms with Crippen molar-refractivity contribution in [2.45, 2.75) is 12.8 Å². The number of amides is 1. The van der Waals surface area contributed by atoms with Crippen molar-refractivity contribution in [2.75, 3.05) is 30.4 Å². The number of carbonyl (C=O) groups is 1. The molecule has 0 aliphatic carbocycles. The van der Waals surface area contributed by atoms with E-state index in [0.717, 1.165) is 18.8 Å². The first kappa shape index (κ1) is 15.2. The van der Waals surface area contributed by atoms with Gasteiger partial charge in [-0.3, -0.25) is 5.32 Å². The minimum Gasteiger partial charge on any atom is -0.495 e. The zero-order valence-electron chi connectivity index (χ0n) is 13.1. The van der Waals surface area contributed by atoms with Gasteiger partial charge in [0.15, 0.2) is 0 Å². The molecule has 1 saturated heterocycles. The van der Waals surface area contributed by atoms with Gasteiger partial charge in [0.05, 0.1) is 12.8 Å². The third kappa shape index (κ3) is 3.74. The van der Waals surface area contributed by atoms with Crippen molar-refractivity contribution in [2.24, 2.45) is 0 Å². The van der Waals surface area contributed by atoms with Crippen molar-refractivity contribution in [3.05, 3.63) is 48.5 Å². The number of rotatable bonds is 4. The Morgan fingerprint density at radius 1 is 1.09 bits per heavy atom. The first-order chi connectivity index (χ1) is 11.3. The van der Waals surface area contributed by atoms with Crippen LogP contribution in [0, 0.1) is 0 Å². The highest BCUT2D eigenvalue weighted by molar-refractivity contribution is 5.89. The molecule has 23 heavy (non-hydrogen) atoms. The lowest BCUT2D eigenvalue weighted by molar-refractivity contribution is 0.215. The van der Waals surface area contributed by atoms with Crippen LogP contribution in [0.15, 0.2) is 48.5 Å². The van der Waals surface area contributed by atoms with E-state index in [9.17, 15) is 4.79 Å². The molecule has 0 spiro atoms. The summed E-state index contributed by atoms with van der Waals surface area (Å²) in [6.07, 6.45) is 1.86. The third-order valence-electron chi connectivity index (χ3n) is 3.84. The van der Waals surface area contributed by atoms with Crippen molar-refractivity contribution in [3.63, 3.8) is 0 Å². The number of methoxy groups -OCH3 is 1. The van der Waals surface area contributed by atoms with Gasteiger partial charge in [0.25, 0.3) is 0 Å². The Labute approximate surface area is 135 Å². The summed E-state index contributed by atoms with van der Waals surface area (Å²) < 4.78 is 10.6. The molecule has 0 radical (unpaired) electrons. The zero-order chi connectivity index (χ0) is 16.1. The number of anilines is 2. The molecule has 1 amide bonds. The molecular formula is C18H20N2O3. The van der Waals surface area contributed by atoms with Crippen LogP contribution < -0.4 is 19.7 Å². The average Bonchev–Trinajstić information content (AvgIpc) is 3.10. The summed E-state index contributed by atoms with van der Waals surface area (Å²) in [5.74, 6) is 1.11. The Hall–Kier alpha value is -2.69. The molecule has 1 N–H and O–H groups in total. The van der Waals surface area contributed by atoms with Gasteiger partial charge in [-0.2, -0.15) is 0 Å². The molecule has 5 nitrogen and oxygen atoms in total. The van der Waals surface area contributed by atoms with Crippen LogP contribution in [0.5, 0.6) is 11.5 Å². The lowest BCUT2D eigenvalue weighted by atomic mass is 10.2. The Morgan fingerprint density at radius 2 is 1.83 bits per heavy atom.